The quantitative estimate of drug-likeness (QED) is 0.0703. The maximum Gasteiger partial charge on any atom is 0.500 e. The van der Waals surface area contributed by atoms with Crippen LogP contribution in [-0.4, -0.2) is 67.8 Å². The van der Waals surface area contributed by atoms with Gasteiger partial charge in [0, 0.05) is 62.2 Å². The van der Waals surface area contributed by atoms with Gasteiger partial charge in [-0.05, 0) is 51.4 Å². The number of hydrogen-bond acceptors (Lipinski definition) is 8. The van der Waals surface area contributed by atoms with Crippen molar-refractivity contribution in [2.75, 3.05) is 39.6 Å². The first kappa shape index (κ1) is 36.9. The molecule has 0 aromatic rings. The second-order valence-corrected chi connectivity index (χ2v) is 18.0. The fourth-order valence-electron chi connectivity index (χ4n) is 3.27. The van der Waals surface area contributed by atoms with Crippen molar-refractivity contribution in [1.29, 1.82) is 0 Å². The molecule has 0 saturated carbocycles. The molecule has 0 bridgehead atoms. The highest BCUT2D eigenvalue weighted by atomic mass is 33.1. The van der Waals surface area contributed by atoms with E-state index in [1.165, 1.54) is 0 Å². The lowest BCUT2D eigenvalue weighted by molar-refractivity contribution is 0.0582. The third-order valence-corrected chi connectivity index (χ3v) is 14.5. The first-order chi connectivity index (χ1) is 17.4. The maximum absolute atomic E-state index is 6.27. The summed E-state index contributed by atoms with van der Waals surface area (Å²) in [7, 11) is -1.31. The summed E-state index contributed by atoms with van der Waals surface area (Å²) in [5.74, 6) is 0. The molecule has 0 spiro atoms. The summed E-state index contributed by atoms with van der Waals surface area (Å²) in [5.41, 5.74) is 0. The first-order valence-corrected chi connectivity index (χ1v) is 20.7. The van der Waals surface area contributed by atoms with Crippen molar-refractivity contribution < 1.29 is 26.6 Å². The molecule has 0 heterocycles. The minimum absolute atomic E-state index is 0.496. The lowest BCUT2D eigenvalue weighted by atomic mass is 10.4. The fraction of sp³-hybridized carbons (Fsp3) is 1.00. The summed E-state index contributed by atoms with van der Waals surface area (Å²) >= 11 is 0. The predicted octanol–water partition coefficient (Wildman–Crippen LogP) is 8.36. The Bertz CT molecular complexity index is 408. The second-order valence-electron chi connectivity index (χ2n) is 9.35. The van der Waals surface area contributed by atoms with Crippen LogP contribution in [0.5, 0.6) is 0 Å². The van der Waals surface area contributed by atoms with Gasteiger partial charge >= 0.3 is 17.6 Å². The lowest BCUT2D eigenvalue weighted by Crippen LogP contribution is -2.47. The number of hydrogen-bond donors (Lipinski definition) is 0. The third-order valence-electron chi connectivity index (χ3n) is 5.25. The predicted molar refractivity (Wildman–Crippen MR) is 162 cm³/mol. The molecule has 0 aromatic heterocycles. The van der Waals surface area contributed by atoms with Crippen LogP contribution in [0.4, 0.5) is 0 Å². The molecule has 0 rings (SSSR count). The van der Waals surface area contributed by atoms with E-state index in [-0.39, 0.29) is 0 Å². The zero-order valence-corrected chi connectivity index (χ0v) is 28.4. The van der Waals surface area contributed by atoms with Gasteiger partial charge in [-0.2, -0.15) is 0 Å². The largest absolute Gasteiger partial charge is 0.500 e. The zero-order chi connectivity index (χ0) is 27.1. The first-order valence-electron chi connectivity index (χ1n) is 14.5. The van der Waals surface area contributed by atoms with Crippen LogP contribution < -0.4 is 0 Å². The van der Waals surface area contributed by atoms with Gasteiger partial charge in [-0.1, -0.05) is 77.0 Å². The van der Waals surface area contributed by atoms with Crippen molar-refractivity contribution >= 4 is 39.2 Å². The van der Waals surface area contributed by atoms with Crippen molar-refractivity contribution in [1.82, 2.24) is 0 Å². The average molecular weight is 587 g/mol. The van der Waals surface area contributed by atoms with E-state index < -0.39 is 17.6 Å². The molecular formula is C26H58O6S2Si2. The SMILES string of the molecule is CCCO[Si](CCC(C)SSC(C)CC[Si](OCCC)(OCCC)OCCC)(OCCC)OCCC. The molecule has 2 atom stereocenters. The van der Waals surface area contributed by atoms with Crippen molar-refractivity contribution in [3.63, 3.8) is 0 Å². The van der Waals surface area contributed by atoms with Crippen LogP contribution >= 0.6 is 21.6 Å². The molecule has 0 fully saturated rings. The smallest absolute Gasteiger partial charge is 0.373 e. The maximum atomic E-state index is 6.27. The Kier molecular flexibility index (Phi) is 24.3. The standard InChI is InChI=1S/C26H58O6S2Si2/c1-9-17-27-35(28-18-10-2,29-19-11-3)23-15-25(7)33-34-26(8)16-24-36(30-20-12-4,31-21-13-5)32-22-14-6/h25-26H,9-24H2,1-8H3. The van der Waals surface area contributed by atoms with Gasteiger partial charge in [0.2, 0.25) is 0 Å². The van der Waals surface area contributed by atoms with E-state index in [0.717, 1.165) is 63.5 Å². The van der Waals surface area contributed by atoms with Gasteiger partial charge in [-0.25, -0.2) is 0 Å². The van der Waals surface area contributed by atoms with Gasteiger partial charge in [0.15, 0.2) is 0 Å². The van der Waals surface area contributed by atoms with E-state index in [9.17, 15) is 0 Å². The lowest BCUT2D eigenvalue weighted by Gasteiger charge is -2.31. The van der Waals surface area contributed by atoms with Crippen molar-refractivity contribution in [3.05, 3.63) is 0 Å². The minimum Gasteiger partial charge on any atom is -0.373 e. The molecule has 0 aliphatic rings. The van der Waals surface area contributed by atoms with Crippen molar-refractivity contribution in [3.8, 4) is 0 Å². The zero-order valence-electron chi connectivity index (χ0n) is 24.7. The molecule has 0 aromatic carbocycles. The number of rotatable bonds is 27. The van der Waals surface area contributed by atoms with Gasteiger partial charge in [-0.3, -0.25) is 0 Å². The molecule has 0 aliphatic heterocycles. The summed E-state index contributed by atoms with van der Waals surface area (Å²) < 4.78 is 37.6. The Morgan fingerprint density at radius 1 is 0.444 bits per heavy atom. The van der Waals surface area contributed by atoms with E-state index in [1.807, 2.05) is 21.6 Å². The molecule has 0 radical (unpaired) electrons. The Morgan fingerprint density at radius 3 is 0.861 bits per heavy atom. The molecule has 0 amide bonds. The molecule has 6 nitrogen and oxygen atoms in total. The van der Waals surface area contributed by atoms with Gasteiger partial charge in [0.25, 0.3) is 0 Å². The van der Waals surface area contributed by atoms with Gasteiger partial charge in [-0.15, -0.1) is 0 Å². The van der Waals surface area contributed by atoms with Crippen LogP contribution in [0.2, 0.25) is 12.1 Å². The van der Waals surface area contributed by atoms with Crippen LogP contribution in [0.15, 0.2) is 0 Å². The topological polar surface area (TPSA) is 55.4 Å². The normalized spacial score (nSPS) is 14.3. The summed E-state index contributed by atoms with van der Waals surface area (Å²) in [6.45, 7) is 21.7. The third kappa shape index (κ3) is 17.5. The molecular weight excluding hydrogens is 529 g/mol. The molecule has 0 aliphatic carbocycles. The Hall–Kier alpha value is 0.894. The van der Waals surface area contributed by atoms with Gasteiger partial charge in [0.05, 0.1) is 0 Å². The highest BCUT2D eigenvalue weighted by molar-refractivity contribution is 8.77. The van der Waals surface area contributed by atoms with E-state index in [4.69, 9.17) is 26.6 Å². The minimum atomic E-state index is -2.62. The molecule has 218 valence electrons. The Labute approximate surface area is 234 Å². The summed E-state index contributed by atoms with van der Waals surface area (Å²) in [6, 6.07) is 1.76. The Balaban J connectivity index is 4.86. The van der Waals surface area contributed by atoms with Crippen LogP contribution in [0.1, 0.15) is 107 Å². The molecule has 10 heteroatoms. The van der Waals surface area contributed by atoms with E-state index in [1.54, 1.807) is 0 Å². The highest BCUT2D eigenvalue weighted by Gasteiger charge is 2.42. The van der Waals surface area contributed by atoms with E-state index in [0.29, 0.717) is 50.1 Å². The summed E-state index contributed by atoms with van der Waals surface area (Å²) in [6.07, 6.45) is 7.95. The summed E-state index contributed by atoms with van der Waals surface area (Å²) in [5, 5.41) is 0.993. The molecule has 0 saturated heterocycles. The van der Waals surface area contributed by atoms with Crippen LogP contribution in [-0.2, 0) is 26.6 Å². The van der Waals surface area contributed by atoms with Crippen LogP contribution in [0.3, 0.4) is 0 Å². The van der Waals surface area contributed by atoms with Gasteiger partial charge < -0.3 is 26.6 Å². The van der Waals surface area contributed by atoms with E-state index in [2.05, 4.69) is 55.4 Å². The van der Waals surface area contributed by atoms with Crippen LogP contribution in [0.25, 0.3) is 0 Å². The van der Waals surface area contributed by atoms with E-state index >= 15 is 0 Å². The fourth-order valence-corrected chi connectivity index (χ4v) is 12.2. The van der Waals surface area contributed by atoms with Crippen LogP contribution in [0, 0.1) is 0 Å². The summed E-state index contributed by atoms with van der Waals surface area (Å²) in [4.78, 5) is 0. The van der Waals surface area contributed by atoms with Gasteiger partial charge in [0.1, 0.15) is 0 Å². The monoisotopic (exact) mass is 586 g/mol. The average Bonchev–Trinajstić information content (AvgIpc) is 2.90. The molecule has 0 N–H and O–H groups in total. The molecule has 36 heavy (non-hydrogen) atoms. The van der Waals surface area contributed by atoms with Crippen molar-refractivity contribution in [2.24, 2.45) is 0 Å². The molecule has 2 unspecified atom stereocenters. The highest BCUT2D eigenvalue weighted by Crippen LogP contribution is 2.37. The van der Waals surface area contributed by atoms with Crippen molar-refractivity contribution in [2.45, 2.75) is 129 Å². The second kappa shape index (κ2) is 23.8. The Morgan fingerprint density at radius 2 is 0.667 bits per heavy atom.